The minimum atomic E-state index is 0.0789. The van der Waals surface area contributed by atoms with Crippen molar-refractivity contribution in [3.8, 4) is 11.3 Å². The first-order valence-corrected chi connectivity index (χ1v) is 8.92. The molecule has 120 valence electrons. The number of hydrogen-bond donors (Lipinski definition) is 1. The number of carbonyl (C=O) groups is 1. The number of benzene rings is 1. The second kappa shape index (κ2) is 6.67. The molecule has 1 aromatic heterocycles. The van der Waals surface area contributed by atoms with Crippen molar-refractivity contribution in [2.24, 2.45) is 5.92 Å². The molecular weight excluding hydrogens is 304 g/mol. The van der Waals surface area contributed by atoms with E-state index in [1.165, 1.54) is 33.6 Å². The lowest BCUT2D eigenvalue weighted by molar-refractivity contribution is -0.120. The van der Waals surface area contributed by atoms with Crippen LogP contribution >= 0.6 is 11.3 Å². The van der Waals surface area contributed by atoms with Crippen molar-refractivity contribution in [1.29, 1.82) is 0 Å². The number of aryl methyl sites for hydroxylation is 3. The lowest BCUT2D eigenvalue weighted by atomic mass is 9.94. The molecule has 1 amide bonds. The van der Waals surface area contributed by atoms with Crippen molar-refractivity contribution in [2.75, 3.05) is 5.32 Å². The average Bonchev–Trinajstić information content (AvgIpc) is 2.95. The maximum Gasteiger partial charge on any atom is 0.229 e. The zero-order chi connectivity index (χ0) is 16.4. The van der Waals surface area contributed by atoms with Crippen LogP contribution in [0.25, 0.3) is 11.3 Å². The van der Waals surface area contributed by atoms with Crippen LogP contribution in [0.3, 0.4) is 0 Å². The highest BCUT2D eigenvalue weighted by Crippen LogP contribution is 2.31. The molecule has 1 heterocycles. The summed E-state index contributed by atoms with van der Waals surface area (Å²) < 4.78 is 0. The van der Waals surface area contributed by atoms with E-state index in [4.69, 9.17) is 0 Å². The minimum absolute atomic E-state index is 0.0789. The summed E-state index contributed by atoms with van der Waals surface area (Å²) >= 11 is 1.50. The van der Waals surface area contributed by atoms with Gasteiger partial charge >= 0.3 is 0 Å². The summed E-state index contributed by atoms with van der Waals surface area (Å²) in [4.78, 5) is 16.9. The molecule has 1 N–H and O–H groups in total. The molecular formula is C19H22N2OS. The third-order valence-electron chi connectivity index (χ3n) is 4.31. The third-order valence-corrected chi connectivity index (χ3v) is 5.07. The lowest BCUT2D eigenvalue weighted by Gasteiger charge is -2.16. The third kappa shape index (κ3) is 3.53. The quantitative estimate of drug-likeness (QED) is 0.804. The van der Waals surface area contributed by atoms with Crippen LogP contribution in [0.4, 0.5) is 5.13 Å². The molecule has 23 heavy (non-hydrogen) atoms. The van der Waals surface area contributed by atoms with Gasteiger partial charge in [0, 0.05) is 16.9 Å². The molecule has 0 bridgehead atoms. The molecule has 3 nitrogen and oxygen atoms in total. The SMILES string of the molecule is Cc1cc(C)c(-c2csc(NC(=O)[C@H]3CC=CCC3)n2)c(C)c1. The summed E-state index contributed by atoms with van der Waals surface area (Å²) in [5, 5.41) is 5.71. The summed E-state index contributed by atoms with van der Waals surface area (Å²) in [6.45, 7) is 6.33. The van der Waals surface area contributed by atoms with E-state index >= 15 is 0 Å². The second-order valence-corrected chi connectivity index (χ2v) is 7.14. The molecule has 0 fully saturated rings. The van der Waals surface area contributed by atoms with Gasteiger partial charge in [-0.25, -0.2) is 4.98 Å². The number of rotatable bonds is 3. The predicted molar refractivity (Wildman–Crippen MR) is 96.9 cm³/mol. The Balaban J connectivity index is 1.78. The fraction of sp³-hybridized carbons (Fsp3) is 0.368. The molecule has 0 saturated heterocycles. The van der Waals surface area contributed by atoms with Gasteiger partial charge in [-0.2, -0.15) is 0 Å². The Morgan fingerprint density at radius 1 is 1.22 bits per heavy atom. The molecule has 1 aromatic carbocycles. The van der Waals surface area contributed by atoms with Gasteiger partial charge in [0.25, 0.3) is 0 Å². The van der Waals surface area contributed by atoms with Crippen LogP contribution in [0, 0.1) is 26.7 Å². The zero-order valence-corrected chi connectivity index (χ0v) is 14.7. The first-order valence-electron chi connectivity index (χ1n) is 8.04. The molecule has 0 radical (unpaired) electrons. The standard InChI is InChI=1S/C19H22N2OS/c1-12-9-13(2)17(14(3)10-12)16-11-23-19(20-16)21-18(22)15-7-5-4-6-8-15/h4-5,9-11,15H,6-8H2,1-3H3,(H,20,21,22)/t15-/m0/s1. The van der Waals surface area contributed by atoms with Crippen molar-refractivity contribution < 1.29 is 4.79 Å². The normalized spacial score (nSPS) is 17.3. The van der Waals surface area contributed by atoms with Crippen LogP contribution in [0.1, 0.15) is 36.0 Å². The van der Waals surface area contributed by atoms with Crippen molar-refractivity contribution in [3.05, 3.63) is 46.4 Å². The Morgan fingerprint density at radius 3 is 2.61 bits per heavy atom. The number of thiazole rings is 1. The number of nitrogens with zero attached hydrogens (tertiary/aromatic N) is 1. The highest BCUT2D eigenvalue weighted by Gasteiger charge is 2.20. The summed E-state index contributed by atoms with van der Waals surface area (Å²) in [5.41, 5.74) is 5.83. The van der Waals surface area contributed by atoms with Gasteiger partial charge in [-0.1, -0.05) is 29.8 Å². The summed E-state index contributed by atoms with van der Waals surface area (Å²) in [5.74, 6) is 0.169. The first kappa shape index (κ1) is 15.9. The van der Waals surface area contributed by atoms with Crippen molar-refractivity contribution >= 4 is 22.4 Å². The van der Waals surface area contributed by atoms with E-state index in [0.29, 0.717) is 5.13 Å². The Hall–Kier alpha value is -1.94. The Bertz CT molecular complexity index is 737. The Morgan fingerprint density at radius 2 is 1.96 bits per heavy atom. The van der Waals surface area contributed by atoms with E-state index in [0.717, 1.165) is 25.0 Å². The van der Waals surface area contributed by atoms with Crippen LogP contribution in [-0.2, 0) is 4.79 Å². The van der Waals surface area contributed by atoms with Gasteiger partial charge in [0.2, 0.25) is 5.91 Å². The zero-order valence-electron chi connectivity index (χ0n) is 13.8. The number of allylic oxidation sites excluding steroid dienone is 2. The number of anilines is 1. The van der Waals surface area contributed by atoms with Gasteiger partial charge in [0.05, 0.1) is 5.69 Å². The second-order valence-electron chi connectivity index (χ2n) is 6.28. The Kier molecular flexibility index (Phi) is 4.62. The molecule has 3 rings (SSSR count). The summed E-state index contributed by atoms with van der Waals surface area (Å²) in [7, 11) is 0. The van der Waals surface area contributed by atoms with E-state index in [9.17, 15) is 4.79 Å². The molecule has 0 unspecified atom stereocenters. The van der Waals surface area contributed by atoms with Crippen molar-refractivity contribution in [2.45, 2.75) is 40.0 Å². The molecule has 1 atom stereocenters. The van der Waals surface area contributed by atoms with Crippen LogP contribution < -0.4 is 5.32 Å². The van der Waals surface area contributed by atoms with Crippen LogP contribution in [-0.4, -0.2) is 10.9 Å². The van der Waals surface area contributed by atoms with Gasteiger partial charge in [0.15, 0.2) is 5.13 Å². The van der Waals surface area contributed by atoms with Crippen molar-refractivity contribution in [1.82, 2.24) is 4.98 Å². The van der Waals surface area contributed by atoms with E-state index < -0.39 is 0 Å². The Labute approximate surface area is 141 Å². The maximum absolute atomic E-state index is 12.3. The number of amides is 1. The smallest absolute Gasteiger partial charge is 0.229 e. The maximum atomic E-state index is 12.3. The molecule has 0 aliphatic heterocycles. The van der Waals surface area contributed by atoms with Crippen molar-refractivity contribution in [3.63, 3.8) is 0 Å². The largest absolute Gasteiger partial charge is 0.302 e. The average molecular weight is 326 g/mol. The van der Waals surface area contributed by atoms with Gasteiger partial charge in [-0.15, -0.1) is 11.3 Å². The highest BCUT2D eigenvalue weighted by atomic mass is 32.1. The van der Waals surface area contributed by atoms with E-state index in [1.807, 2.05) is 5.38 Å². The minimum Gasteiger partial charge on any atom is -0.302 e. The van der Waals surface area contributed by atoms with Crippen LogP contribution in [0.15, 0.2) is 29.7 Å². The van der Waals surface area contributed by atoms with E-state index in [2.05, 4.69) is 55.4 Å². The predicted octanol–water partition coefficient (Wildman–Crippen LogP) is 5.03. The molecule has 0 saturated carbocycles. The number of hydrogen-bond acceptors (Lipinski definition) is 3. The van der Waals surface area contributed by atoms with Gasteiger partial charge < -0.3 is 5.32 Å². The van der Waals surface area contributed by atoms with E-state index in [-0.39, 0.29) is 11.8 Å². The topological polar surface area (TPSA) is 42.0 Å². The van der Waals surface area contributed by atoms with Gasteiger partial charge in [-0.3, -0.25) is 4.79 Å². The van der Waals surface area contributed by atoms with Crippen LogP contribution in [0.2, 0.25) is 0 Å². The highest BCUT2D eigenvalue weighted by molar-refractivity contribution is 7.14. The van der Waals surface area contributed by atoms with Crippen LogP contribution in [0.5, 0.6) is 0 Å². The molecule has 2 aromatic rings. The number of aromatic nitrogens is 1. The molecule has 4 heteroatoms. The molecule has 1 aliphatic carbocycles. The van der Waals surface area contributed by atoms with Gasteiger partial charge in [-0.05, 0) is 51.2 Å². The summed E-state index contributed by atoms with van der Waals surface area (Å²) in [6.07, 6.45) is 6.99. The number of carbonyl (C=O) groups excluding carboxylic acids is 1. The fourth-order valence-electron chi connectivity index (χ4n) is 3.27. The fourth-order valence-corrected chi connectivity index (χ4v) is 3.97. The number of nitrogens with one attached hydrogen (secondary N) is 1. The molecule has 1 aliphatic rings. The van der Waals surface area contributed by atoms with Gasteiger partial charge in [0.1, 0.15) is 0 Å². The lowest BCUT2D eigenvalue weighted by Crippen LogP contribution is -2.23. The molecule has 0 spiro atoms. The monoisotopic (exact) mass is 326 g/mol. The summed E-state index contributed by atoms with van der Waals surface area (Å²) in [6, 6.07) is 4.35. The van der Waals surface area contributed by atoms with E-state index in [1.54, 1.807) is 0 Å². The first-order chi connectivity index (χ1) is 11.0.